The second kappa shape index (κ2) is 11.2. The minimum absolute atomic E-state index is 0.0126. The lowest BCUT2D eigenvalue weighted by Gasteiger charge is -2.25. The van der Waals surface area contributed by atoms with E-state index in [4.69, 9.17) is 0 Å². The number of allylic oxidation sites excluding steroid dienone is 4. The average Bonchev–Trinajstić information content (AvgIpc) is 3.51. The van der Waals surface area contributed by atoms with E-state index < -0.39 is 0 Å². The fourth-order valence-corrected chi connectivity index (χ4v) is 10.1. The molecule has 2 aliphatic carbocycles. The average molecular weight is 627 g/mol. The Hall–Kier alpha value is -3.86. The van der Waals surface area contributed by atoms with E-state index in [9.17, 15) is 0 Å². The highest BCUT2D eigenvalue weighted by Gasteiger charge is 2.41. The summed E-state index contributed by atoms with van der Waals surface area (Å²) in [7, 11) is 0. The van der Waals surface area contributed by atoms with Crippen LogP contribution < -0.4 is 10.4 Å². The van der Waals surface area contributed by atoms with Crippen LogP contribution in [-0.4, -0.2) is 8.94 Å². The summed E-state index contributed by atoms with van der Waals surface area (Å²) in [6.07, 6.45) is 16.4. The van der Waals surface area contributed by atoms with E-state index in [0.717, 1.165) is 24.5 Å². The quantitative estimate of drug-likeness (QED) is 0.192. The third-order valence-corrected chi connectivity index (χ3v) is 12.3. The number of rotatable bonds is 4. The number of nitrogens with one attached hydrogen (secondary N) is 1. The number of benzene rings is 2. The van der Waals surface area contributed by atoms with Crippen LogP contribution in [0.1, 0.15) is 89.9 Å². The van der Waals surface area contributed by atoms with Crippen molar-refractivity contribution in [2.45, 2.75) is 73.1 Å². The fourth-order valence-electron chi connectivity index (χ4n) is 7.59. The van der Waals surface area contributed by atoms with Gasteiger partial charge in [0.25, 0.3) is 0 Å². The number of aromatic amines is 1. The van der Waals surface area contributed by atoms with Gasteiger partial charge < -0.3 is 4.98 Å². The molecule has 45 heavy (non-hydrogen) atoms. The van der Waals surface area contributed by atoms with Crippen LogP contribution in [0.2, 0.25) is 0 Å². The Bertz CT molecular complexity index is 2230. The second-order valence-electron chi connectivity index (χ2n) is 12.9. The number of hydrogen-bond donors (Lipinski definition) is 1. The summed E-state index contributed by atoms with van der Waals surface area (Å²) in [6.45, 7) is 20.4. The van der Waals surface area contributed by atoms with E-state index in [1.54, 1.807) is 0 Å². The molecule has 0 radical (unpaired) electrons. The second-order valence-corrected chi connectivity index (χ2v) is 15.0. The molecular weight excluding hydrogens is 585 g/mol. The van der Waals surface area contributed by atoms with E-state index >= 15 is 0 Å². The molecule has 0 bridgehead atoms. The van der Waals surface area contributed by atoms with Gasteiger partial charge in [-0.25, -0.2) is 0 Å². The number of fused-ring (bicyclic) bond motifs is 8. The Morgan fingerprint density at radius 3 is 2.60 bits per heavy atom. The first kappa shape index (κ1) is 29.8. The molecule has 4 aliphatic rings. The van der Waals surface area contributed by atoms with E-state index in [1.807, 2.05) is 22.9 Å². The first-order valence-corrected chi connectivity index (χ1v) is 17.8. The molecule has 3 heterocycles. The van der Waals surface area contributed by atoms with Gasteiger partial charge in [0.15, 0.2) is 0 Å². The van der Waals surface area contributed by atoms with Crippen LogP contribution in [0.15, 0.2) is 60.7 Å². The number of H-pyrrole nitrogens is 1. The smallest absolute Gasteiger partial charge is 0.0773 e. The molecular formula is C41H42N2S2. The van der Waals surface area contributed by atoms with Gasteiger partial charge in [0.1, 0.15) is 0 Å². The van der Waals surface area contributed by atoms with Gasteiger partial charge in [-0.05, 0) is 98.2 Å². The summed E-state index contributed by atoms with van der Waals surface area (Å²) in [5, 5.41) is 2.34. The van der Waals surface area contributed by atoms with Crippen LogP contribution >= 0.6 is 22.9 Å². The first-order chi connectivity index (χ1) is 21.7. The SMILES string of the molecule is C=c1c(C)c(/C=C\C=C/C)sn2c3cc(C)cc(C4=CCCc5c4[nH]c4c5C(C)(C)c5ccccc5-4)c3sc(CC)c-2/c1=C\C. The summed E-state index contributed by atoms with van der Waals surface area (Å²) in [5.41, 5.74) is 16.1. The number of aryl methyl sites for hydroxylation is 2. The molecule has 2 nitrogen and oxygen atoms in total. The van der Waals surface area contributed by atoms with Crippen LogP contribution in [0.25, 0.3) is 51.5 Å². The molecule has 0 amide bonds. The molecule has 2 aliphatic heterocycles. The van der Waals surface area contributed by atoms with E-state index in [0.29, 0.717) is 0 Å². The molecule has 228 valence electrons. The Balaban J connectivity index is 1.56. The Kier molecular flexibility index (Phi) is 7.42. The van der Waals surface area contributed by atoms with Crippen molar-refractivity contribution in [1.29, 1.82) is 0 Å². The Labute approximate surface area is 275 Å². The lowest BCUT2D eigenvalue weighted by molar-refractivity contribution is 0.651. The summed E-state index contributed by atoms with van der Waals surface area (Å²) in [5.74, 6) is 0. The van der Waals surface area contributed by atoms with Crippen molar-refractivity contribution in [3.8, 4) is 16.9 Å². The van der Waals surface area contributed by atoms with Gasteiger partial charge in [0.05, 0.1) is 21.6 Å². The third kappa shape index (κ3) is 4.48. The monoisotopic (exact) mass is 626 g/mol. The normalized spacial score (nSPS) is 15.7. The molecule has 0 fully saturated rings. The summed E-state index contributed by atoms with van der Waals surface area (Å²) < 4.78 is 3.85. The van der Waals surface area contributed by atoms with Crippen LogP contribution in [-0.2, 0) is 18.3 Å². The minimum atomic E-state index is -0.0126. The van der Waals surface area contributed by atoms with Gasteiger partial charge in [-0.1, -0.05) is 93.5 Å². The summed E-state index contributed by atoms with van der Waals surface area (Å²) >= 11 is 3.79. The van der Waals surface area contributed by atoms with Crippen molar-refractivity contribution < 1.29 is 0 Å². The molecule has 0 saturated heterocycles. The van der Waals surface area contributed by atoms with Crippen molar-refractivity contribution in [2.24, 2.45) is 0 Å². The van der Waals surface area contributed by atoms with E-state index in [-0.39, 0.29) is 5.41 Å². The van der Waals surface area contributed by atoms with Crippen molar-refractivity contribution in [3.63, 3.8) is 0 Å². The third-order valence-electron chi connectivity index (χ3n) is 9.78. The van der Waals surface area contributed by atoms with Crippen molar-refractivity contribution in [1.82, 2.24) is 8.94 Å². The zero-order valence-electron chi connectivity index (χ0n) is 27.5. The fraction of sp³-hybridized carbons (Fsp3) is 0.268. The van der Waals surface area contributed by atoms with E-state index in [2.05, 4.69) is 137 Å². The van der Waals surface area contributed by atoms with Gasteiger partial charge in [0, 0.05) is 42.8 Å². The van der Waals surface area contributed by atoms with Gasteiger partial charge in [-0.3, -0.25) is 3.96 Å². The molecule has 0 atom stereocenters. The largest absolute Gasteiger partial charge is 0.354 e. The summed E-state index contributed by atoms with van der Waals surface area (Å²) in [6, 6.07) is 13.8. The number of hydrogen-bond acceptors (Lipinski definition) is 2. The lowest BCUT2D eigenvalue weighted by atomic mass is 9.78. The molecule has 0 spiro atoms. The summed E-state index contributed by atoms with van der Waals surface area (Å²) in [4.78, 5) is 6.62. The molecule has 7 rings (SSSR count). The zero-order chi connectivity index (χ0) is 31.6. The number of nitrogens with zero attached hydrogens (tertiary/aromatic N) is 1. The van der Waals surface area contributed by atoms with Crippen molar-refractivity contribution in [3.05, 3.63) is 120 Å². The molecule has 3 aromatic rings. The maximum absolute atomic E-state index is 4.61. The first-order valence-electron chi connectivity index (χ1n) is 16.2. The topological polar surface area (TPSA) is 20.7 Å². The van der Waals surface area contributed by atoms with Gasteiger partial charge in [0.2, 0.25) is 0 Å². The van der Waals surface area contributed by atoms with Gasteiger partial charge >= 0.3 is 0 Å². The molecule has 1 N–H and O–H groups in total. The minimum Gasteiger partial charge on any atom is -0.354 e. The maximum Gasteiger partial charge on any atom is 0.0773 e. The molecule has 2 aromatic carbocycles. The zero-order valence-corrected chi connectivity index (χ0v) is 29.2. The lowest BCUT2D eigenvalue weighted by Crippen LogP contribution is -2.28. The standard InChI is InChI=1S/C41H42N2S2/c1-9-12-13-21-35-26(6)25(5)27(10-2)39-34(11-3)44-40-31(22-24(4)23-33(40)43(39)45-35)28-18-16-19-30-36-38(42-37(28)30)29-17-14-15-20-32(29)41(36,7)8/h9-10,12-15,17-18,20-23,42H,5,11,16,19H2,1-4,6-8H3/b12-9-,21-13-,27-10-. The Morgan fingerprint density at radius 2 is 1.84 bits per heavy atom. The van der Waals surface area contributed by atoms with Crippen LogP contribution in [0.4, 0.5) is 0 Å². The van der Waals surface area contributed by atoms with Crippen LogP contribution in [0.5, 0.6) is 0 Å². The predicted octanol–water partition coefficient (Wildman–Crippen LogP) is 10.3. The molecule has 4 heteroatoms. The van der Waals surface area contributed by atoms with Gasteiger partial charge in [-0.15, -0.1) is 11.3 Å². The van der Waals surface area contributed by atoms with Crippen LogP contribution in [0.3, 0.4) is 0 Å². The Morgan fingerprint density at radius 1 is 1.04 bits per heavy atom. The highest BCUT2D eigenvalue weighted by atomic mass is 32.1. The molecule has 1 aromatic heterocycles. The highest BCUT2D eigenvalue weighted by Crippen LogP contribution is 2.53. The molecule has 0 saturated carbocycles. The maximum atomic E-state index is 4.61. The van der Waals surface area contributed by atoms with Crippen molar-refractivity contribution >= 4 is 57.4 Å². The van der Waals surface area contributed by atoms with Gasteiger partial charge in [-0.2, -0.15) is 0 Å². The highest BCUT2D eigenvalue weighted by molar-refractivity contribution is 7.19. The predicted molar refractivity (Wildman–Crippen MR) is 199 cm³/mol. The van der Waals surface area contributed by atoms with E-state index in [1.165, 1.54) is 86.8 Å². The number of aromatic nitrogens is 2. The van der Waals surface area contributed by atoms with Crippen molar-refractivity contribution in [2.75, 3.05) is 0 Å². The molecule has 0 unspecified atom stereocenters. The van der Waals surface area contributed by atoms with Crippen LogP contribution in [0, 0.1) is 13.8 Å².